The maximum atomic E-state index is 13.7. The van der Waals surface area contributed by atoms with Crippen LogP contribution in [0.2, 0.25) is 0 Å². The van der Waals surface area contributed by atoms with E-state index in [0.29, 0.717) is 31.6 Å². The summed E-state index contributed by atoms with van der Waals surface area (Å²) in [6.07, 6.45) is 0.334. The van der Waals surface area contributed by atoms with Gasteiger partial charge in [-0.25, -0.2) is 4.39 Å². The van der Waals surface area contributed by atoms with Gasteiger partial charge in [-0.05, 0) is 17.5 Å². The maximum absolute atomic E-state index is 13.7. The van der Waals surface area contributed by atoms with Crippen LogP contribution >= 0.6 is 0 Å². The number of piperazine rings is 1. The molecule has 116 valence electrons. The summed E-state index contributed by atoms with van der Waals surface area (Å²) in [4.78, 5) is 16.3. The Morgan fingerprint density at radius 3 is 2.57 bits per heavy atom. The molecule has 4 nitrogen and oxygen atoms in total. The zero-order valence-corrected chi connectivity index (χ0v) is 12.5. The predicted molar refractivity (Wildman–Crippen MR) is 79.5 cm³/mol. The third-order valence-electron chi connectivity index (χ3n) is 4.06. The second kappa shape index (κ2) is 7.52. The fourth-order valence-corrected chi connectivity index (χ4v) is 2.74. The Morgan fingerprint density at radius 2 is 1.95 bits per heavy atom. The summed E-state index contributed by atoms with van der Waals surface area (Å²) in [7, 11) is 0. The Kier molecular flexibility index (Phi) is 5.70. The molecule has 0 bridgehead atoms. The van der Waals surface area contributed by atoms with Gasteiger partial charge < -0.3 is 10.0 Å². The van der Waals surface area contributed by atoms with E-state index in [1.807, 2.05) is 11.8 Å². The molecule has 0 aromatic heterocycles. The Morgan fingerprint density at radius 1 is 1.29 bits per heavy atom. The number of aliphatic hydroxyl groups excluding tert-OH is 1. The van der Waals surface area contributed by atoms with Crippen LogP contribution in [0.15, 0.2) is 24.3 Å². The number of halogens is 1. The lowest BCUT2D eigenvalue weighted by Crippen LogP contribution is -2.49. The molecule has 1 unspecified atom stereocenters. The van der Waals surface area contributed by atoms with Crippen LogP contribution in [0.4, 0.5) is 4.39 Å². The lowest BCUT2D eigenvalue weighted by Gasteiger charge is -2.34. The Hall–Kier alpha value is -1.46. The molecular weight excluding hydrogens is 271 g/mol. The SMILES string of the molecule is CC(CC(=O)N1CCN(CCO)CC1)c1ccccc1F. The zero-order valence-electron chi connectivity index (χ0n) is 12.5. The molecule has 1 aliphatic heterocycles. The number of carbonyl (C=O) groups is 1. The maximum Gasteiger partial charge on any atom is 0.223 e. The number of carbonyl (C=O) groups excluding carboxylic acids is 1. The van der Waals surface area contributed by atoms with Gasteiger partial charge in [-0.15, -0.1) is 0 Å². The first-order valence-corrected chi connectivity index (χ1v) is 7.47. The van der Waals surface area contributed by atoms with Gasteiger partial charge >= 0.3 is 0 Å². The van der Waals surface area contributed by atoms with E-state index in [2.05, 4.69) is 4.90 Å². The van der Waals surface area contributed by atoms with Crippen LogP contribution in [0.25, 0.3) is 0 Å². The monoisotopic (exact) mass is 294 g/mol. The molecule has 1 heterocycles. The first-order chi connectivity index (χ1) is 10.1. The van der Waals surface area contributed by atoms with E-state index in [-0.39, 0.29) is 24.2 Å². The van der Waals surface area contributed by atoms with E-state index in [1.54, 1.807) is 18.2 Å². The number of rotatable bonds is 5. The van der Waals surface area contributed by atoms with Crippen molar-refractivity contribution in [3.63, 3.8) is 0 Å². The molecule has 0 radical (unpaired) electrons. The molecule has 0 spiro atoms. The standard InChI is InChI=1S/C16H23FN2O2/c1-13(14-4-2-3-5-15(14)17)12-16(21)19-8-6-18(7-9-19)10-11-20/h2-5,13,20H,6-12H2,1H3. The fraction of sp³-hybridized carbons (Fsp3) is 0.562. The normalized spacial score (nSPS) is 17.8. The molecule has 5 heteroatoms. The van der Waals surface area contributed by atoms with Crippen molar-refractivity contribution >= 4 is 5.91 Å². The molecule has 0 aliphatic carbocycles. The largest absolute Gasteiger partial charge is 0.395 e. The Bertz CT molecular complexity index is 473. The highest BCUT2D eigenvalue weighted by Gasteiger charge is 2.23. The average molecular weight is 294 g/mol. The highest BCUT2D eigenvalue weighted by atomic mass is 19.1. The molecule has 1 fully saturated rings. The molecule has 0 saturated carbocycles. The molecule has 21 heavy (non-hydrogen) atoms. The van der Waals surface area contributed by atoms with Gasteiger partial charge in [0.25, 0.3) is 0 Å². The van der Waals surface area contributed by atoms with Gasteiger partial charge in [0.15, 0.2) is 0 Å². The van der Waals surface area contributed by atoms with Crippen LogP contribution in [-0.4, -0.2) is 60.1 Å². The first-order valence-electron chi connectivity index (χ1n) is 7.47. The average Bonchev–Trinajstić information content (AvgIpc) is 2.48. The summed E-state index contributed by atoms with van der Waals surface area (Å²) in [6.45, 7) is 5.65. The van der Waals surface area contributed by atoms with Crippen LogP contribution in [-0.2, 0) is 4.79 Å². The molecule has 1 saturated heterocycles. The summed E-state index contributed by atoms with van der Waals surface area (Å²) in [6, 6.07) is 6.64. The van der Waals surface area contributed by atoms with Crippen molar-refractivity contribution in [2.75, 3.05) is 39.3 Å². The molecule has 1 amide bonds. The number of aliphatic hydroxyl groups is 1. The van der Waals surface area contributed by atoms with Crippen molar-refractivity contribution in [2.24, 2.45) is 0 Å². The number of β-amino-alcohol motifs (C(OH)–C–C–N with tert-alkyl or cyclic N) is 1. The predicted octanol–water partition coefficient (Wildman–Crippen LogP) is 1.46. The molecule has 1 aromatic carbocycles. The highest BCUT2D eigenvalue weighted by molar-refractivity contribution is 5.77. The minimum Gasteiger partial charge on any atom is -0.395 e. The first kappa shape index (κ1) is 15.9. The van der Waals surface area contributed by atoms with Gasteiger partial charge in [-0.3, -0.25) is 9.69 Å². The molecule has 2 rings (SSSR count). The quantitative estimate of drug-likeness (QED) is 0.894. The number of hydrogen-bond acceptors (Lipinski definition) is 3. The van der Waals surface area contributed by atoms with E-state index in [4.69, 9.17) is 5.11 Å². The summed E-state index contributed by atoms with van der Waals surface area (Å²) < 4.78 is 13.7. The molecule has 1 aromatic rings. The summed E-state index contributed by atoms with van der Waals surface area (Å²) in [5.41, 5.74) is 0.602. The van der Waals surface area contributed by atoms with E-state index >= 15 is 0 Å². The van der Waals surface area contributed by atoms with Crippen molar-refractivity contribution in [3.05, 3.63) is 35.6 Å². The van der Waals surface area contributed by atoms with Gasteiger partial charge in [0.2, 0.25) is 5.91 Å². The summed E-state index contributed by atoms with van der Waals surface area (Å²) in [5, 5.41) is 8.91. The number of benzene rings is 1. The molecule has 1 aliphatic rings. The third-order valence-corrected chi connectivity index (χ3v) is 4.06. The summed E-state index contributed by atoms with van der Waals surface area (Å²) in [5.74, 6) is -0.283. The van der Waals surface area contributed by atoms with Crippen LogP contribution in [0.1, 0.15) is 24.8 Å². The van der Waals surface area contributed by atoms with Crippen molar-refractivity contribution in [3.8, 4) is 0 Å². The molecule has 1 atom stereocenters. The highest BCUT2D eigenvalue weighted by Crippen LogP contribution is 2.22. The van der Waals surface area contributed by atoms with E-state index < -0.39 is 0 Å². The second-order valence-electron chi connectivity index (χ2n) is 5.57. The van der Waals surface area contributed by atoms with Crippen molar-refractivity contribution < 1.29 is 14.3 Å². The Labute approximate surface area is 125 Å². The smallest absolute Gasteiger partial charge is 0.223 e. The van der Waals surface area contributed by atoms with Crippen molar-refractivity contribution in [1.29, 1.82) is 0 Å². The van der Waals surface area contributed by atoms with Crippen LogP contribution < -0.4 is 0 Å². The molecular formula is C16H23FN2O2. The van der Waals surface area contributed by atoms with Crippen molar-refractivity contribution in [2.45, 2.75) is 19.3 Å². The zero-order chi connectivity index (χ0) is 15.2. The lowest BCUT2D eigenvalue weighted by atomic mass is 9.96. The molecule has 1 N–H and O–H groups in total. The number of nitrogens with zero attached hydrogens (tertiary/aromatic N) is 2. The van der Waals surface area contributed by atoms with Gasteiger partial charge in [0.1, 0.15) is 5.82 Å². The lowest BCUT2D eigenvalue weighted by molar-refractivity contribution is -0.133. The van der Waals surface area contributed by atoms with E-state index in [0.717, 1.165) is 13.1 Å². The Balaban J connectivity index is 1.86. The van der Waals surface area contributed by atoms with Gasteiger partial charge in [-0.1, -0.05) is 25.1 Å². The number of amides is 1. The van der Waals surface area contributed by atoms with Crippen LogP contribution in [0, 0.1) is 5.82 Å². The van der Waals surface area contributed by atoms with Gasteiger partial charge in [-0.2, -0.15) is 0 Å². The fourth-order valence-electron chi connectivity index (χ4n) is 2.74. The van der Waals surface area contributed by atoms with Crippen LogP contribution in [0.3, 0.4) is 0 Å². The van der Waals surface area contributed by atoms with Crippen LogP contribution in [0.5, 0.6) is 0 Å². The minimum atomic E-state index is -0.245. The van der Waals surface area contributed by atoms with Crippen molar-refractivity contribution in [1.82, 2.24) is 9.80 Å². The van der Waals surface area contributed by atoms with E-state index in [9.17, 15) is 9.18 Å². The summed E-state index contributed by atoms with van der Waals surface area (Å²) >= 11 is 0. The van der Waals surface area contributed by atoms with Gasteiger partial charge in [0.05, 0.1) is 6.61 Å². The second-order valence-corrected chi connectivity index (χ2v) is 5.57. The third kappa shape index (κ3) is 4.25. The van der Waals surface area contributed by atoms with E-state index in [1.165, 1.54) is 6.07 Å². The minimum absolute atomic E-state index is 0.0781. The number of hydrogen-bond donors (Lipinski definition) is 1. The topological polar surface area (TPSA) is 43.8 Å². The van der Waals surface area contributed by atoms with Gasteiger partial charge in [0, 0.05) is 39.1 Å².